The van der Waals surface area contributed by atoms with E-state index in [0.717, 1.165) is 5.56 Å². The minimum absolute atomic E-state index is 0.0542. The lowest BCUT2D eigenvalue weighted by Gasteiger charge is -2.19. The van der Waals surface area contributed by atoms with Crippen LogP contribution >= 0.6 is 0 Å². The Hall–Kier alpha value is -3.15. The molecule has 27 heavy (non-hydrogen) atoms. The molecule has 6 nitrogen and oxygen atoms in total. The molecule has 0 unspecified atom stereocenters. The van der Waals surface area contributed by atoms with Crippen molar-refractivity contribution in [1.82, 2.24) is 0 Å². The number of carboxylic acids is 1. The topological polar surface area (TPSA) is 95.5 Å². The summed E-state index contributed by atoms with van der Waals surface area (Å²) >= 11 is 0. The number of benzene rings is 2. The van der Waals surface area contributed by atoms with E-state index < -0.39 is 11.4 Å². The normalized spacial score (nSPS) is 11.0. The van der Waals surface area contributed by atoms with E-state index >= 15 is 0 Å². The number of hydrogen-bond donors (Lipinski definition) is 3. The number of amides is 2. The van der Waals surface area contributed by atoms with Crippen molar-refractivity contribution in [1.29, 1.82) is 0 Å². The van der Waals surface area contributed by atoms with Gasteiger partial charge in [-0.3, -0.25) is 9.59 Å². The van der Waals surface area contributed by atoms with Crippen LogP contribution in [-0.2, 0) is 16.0 Å². The Bertz CT molecular complexity index is 882. The SMILES string of the molecule is Cc1ccc(NC(=O)Cc2cccc(C(=O)O)c2)cc1NC(=O)C(C)(C)C. The summed E-state index contributed by atoms with van der Waals surface area (Å²) in [4.78, 5) is 35.5. The van der Waals surface area contributed by atoms with Crippen molar-refractivity contribution in [2.45, 2.75) is 34.1 Å². The zero-order valence-corrected chi connectivity index (χ0v) is 15.9. The van der Waals surface area contributed by atoms with Crippen LogP contribution in [-0.4, -0.2) is 22.9 Å². The van der Waals surface area contributed by atoms with Crippen molar-refractivity contribution in [3.63, 3.8) is 0 Å². The maximum absolute atomic E-state index is 12.3. The highest BCUT2D eigenvalue weighted by Gasteiger charge is 2.21. The number of aryl methyl sites for hydroxylation is 1. The molecule has 0 heterocycles. The number of hydrogen-bond acceptors (Lipinski definition) is 3. The molecular weight excluding hydrogens is 344 g/mol. The molecule has 0 atom stereocenters. The molecule has 3 N–H and O–H groups in total. The maximum atomic E-state index is 12.3. The van der Waals surface area contributed by atoms with Gasteiger partial charge < -0.3 is 15.7 Å². The summed E-state index contributed by atoms with van der Waals surface area (Å²) in [5, 5.41) is 14.7. The first-order chi connectivity index (χ1) is 12.6. The number of aromatic carboxylic acids is 1. The van der Waals surface area contributed by atoms with E-state index in [-0.39, 0.29) is 23.8 Å². The van der Waals surface area contributed by atoms with Crippen molar-refractivity contribution in [3.8, 4) is 0 Å². The van der Waals surface area contributed by atoms with Crippen molar-refractivity contribution in [2.24, 2.45) is 5.41 Å². The second kappa shape index (κ2) is 8.03. The van der Waals surface area contributed by atoms with Gasteiger partial charge in [-0.1, -0.05) is 39.0 Å². The fourth-order valence-corrected chi connectivity index (χ4v) is 2.35. The minimum Gasteiger partial charge on any atom is -0.478 e. The molecule has 0 aliphatic carbocycles. The summed E-state index contributed by atoms with van der Waals surface area (Å²) in [7, 11) is 0. The van der Waals surface area contributed by atoms with E-state index in [4.69, 9.17) is 5.11 Å². The molecule has 6 heteroatoms. The van der Waals surface area contributed by atoms with E-state index in [1.807, 2.05) is 33.8 Å². The fourth-order valence-electron chi connectivity index (χ4n) is 2.35. The largest absolute Gasteiger partial charge is 0.478 e. The summed E-state index contributed by atoms with van der Waals surface area (Å²) in [5.74, 6) is -1.41. The van der Waals surface area contributed by atoms with Crippen LogP contribution < -0.4 is 10.6 Å². The number of rotatable bonds is 5. The smallest absolute Gasteiger partial charge is 0.335 e. The summed E-state index contributed by atoms with van der Waals surface area (Å²) in [6.07, 6.45) is 0.0542. The van der Waals surface area contributed by atoms with Gasteiger partial charge in [0, 0.05) is 16.8 Å². The molecule has 0 saturated heterocycles. The third kappa shape index (κ3) is 5.67. The van der Waals surface area contributed by atoms with Crippen LogP contribution in [0.2, 0.25) is 0 Å². The zero-order valence-electron chi connectivity index (χ0n) is 15.9. The molecule has 2 rings (SSSR count). The summed E-state index contributed by atoms with van der Waals surface area (Å²) < 4.78 is 0. The second-order valence-electron chi connectivity index (χ2n) is 7.46. The number of anilines is 2. The van der Waals surface area contributed by atoms with Gasteiger partial charge in [-0.25, -0.2) is 4.79 Å². The number of carboxylic acid groups (broad SMARTS) is 1. The van der Waals surface area contributed by atoms with Gasteiger partial charge in [-0.15, -0.1) is 0 Å². The first-order valence-electron chi connectivity index (χ1n) is 8.60. The molecule has 142 valence electrons. The van der Waals surface area contributed by atoms with E-state index in [1.54, 1.807) is 24.3 Å². The van der Waals surface area contributed by atoms with Crippen LogP contribution in [0, 0.1) is 12.3 Å². The highest BCUT2D eigenvalue weighted by Crippen LogP contribution is 2.23. The quantitative estimate of drug-likeness (QED) is 0.747. The van der Waals surface area contributed by atoms with Crippen molar-refractivity contribution < 1.29 is 19.5 Å². The van der Waals surface area contributed by atoms with Crippen LogP contribution in [0.1, 0.15) is 42.3 Å². The molecule has 0 aliphatic heterocycles. The van der Waals surface area contributed by atoms with E-state index in [0.29, 0.717) is 16.9 Å². The molecule has 0 radical (unpaired) electrons. The van der Waals surface area contributed by atoms with Gasteiger partial charge in [0.1, 0.15) is 0 Å². The van der Waals surface area contributed by atoms with Crippen molar-refractivity contribution >= 4 is 29.2 Å². The van der Waals surface area contributed by atoms with Crippen LogP contribution in [0.4, 0.5) is 11.4 Å². The summed E-state index contributed by atoms with van der Waals surface area (Å²) in [6.45, 7) is 7.36. The summed E-state index contributed by atoms with van der Waals surface area (Å²) in [5.41, 5.74) is 2.31. The molecule has 2 amide bonds. The van der Waals surface area contributed by atoms with Gasteiger partial charge in [0.2, 0.25) is 11.8 Å². The molecule has 0 bridgehead atoms. The lowest BCUT2D eigenvalue weighted by molar-refractivity contribution is -0.123. The first-order valence-corrected chi connectivity index (χ1v) is 8.60. The first kappa shape index (κ1) is 20.2. The molecule has 0 aromatic heterocycles. The van der Waals surface area contributed by atoms with Crippen LogP contribution in [0.25, 0.3) is 0 Å². The third-order valence-corrected chi connectivity index (χ3v) is 3.99. The van der Waals surface area contributed by atoms with E-state index in [1.165, 1.54) is 12.1 Å². The Balaban J connectivity index is 2.10. The van der Waals surface area contributed by atoms with E-state index in [2.05, 4.69) is 10.6 Å². The predicted octanol–water partition coefficient (Wildman–Crippen LogP) is 3.86. The number of nitrogens with one attached hydrogen (secondary N) is 2. The molecule has 0 fully saturated rings. The molecule has 0 saturated carbocycles. The molecule has 2 aromatic carbocycles. The summed E-state index contributed by atoms with van der Waals surface area (Å²) in [6, 6.07) is 11.6. The Labute approximate surface area is 158 Å². The van der Waals surface area contributed by atoms with Gasteiger partial charge >= 0.3 is 5.97 Å². The van der Waals surface area contributed by atoms with Crippen molar-refractivity contribution in [3.05, 3.63) is 59.2 Å². The van der Waals surface area contributed by atoms with Gasteiger partial charge in [0.15, 0.2) is 0 Å². The number of carbonyl (C=O) groups is 3. The van der Waals surface area contributed by atoms with Crippen LogP contribution in [0.15, 0.2) is 42.5 Å². The average Bonchev–Trinajstić information content (AvgIpc) is 2.57. The fraction of sp³-hybridized carbons (Fsp3) is 0.286. The standard InChI is InChI=1S/C21H24N2O4/c1-13-8-9-16(12-17(13)23-20(27)21(2,3)4)22-18(24)11-14-6-5-7-15(10-14)19(25)26/h5-10,12H,11H2,1-4H3,(H,22,24)(H,23,27)(H,25,26). The Morgan fingerprint density at radius 1 is 1.00 bits per heavy atom. The van der Waals surface area contributed by atoms with Gasteiger partial charge in [0.05, 0.1) is 12.0 Å². The van der Waals surface area contributed by atoms with Gasteiger partial charge in [0.25, 0.3) is 0 Å². The van der Waals surface area contributed by atoms with Gasteiger partial charge in [-0.2, -0.15) is 0 Å². The predicted molar refractivity (Wildman–Crippen MR) is 105 cm³/mol. The van der Waals surface area contributed by atoms with Crippen molar-refractivity contribution in [2.75, 3.05) is 10.6 Å². The maximum Gasteiger partial charge on any atom is 0.335 e. The molecule has 2 aromatic rings. The second-order valence-corrected chi connectivity index (χ2v) is 7.46. The Morgan fingerprint density at radius 2 is 1.70 bits per heavy atom. The monoisotopic (exact) mass is 368 g/mol. The average molecular weight is 368 g/mol. The van der Waals surface area contributed by atoms with Crippen LogP contribution in [0.3, 0.4) is 0 Å². The molecule has 0 aliphatic rings. The van der Waals surface area contributed by atoms with Gasteiger partial charge in [-0.05, 0) is 42.3 Å². The highest BCUT2D eigenvalue weighted by atomic mass is 16.4. The highest BCUT2D eigenvalue weighted by molar-refractivity contribution is 5.97. The lowest BCUT2D eigenvalue weighted by Crippen LogP contribution is -2.28. The molecular formula is C21H24N2O4. The zero-order chi connectivity index (χ0) is 20.2. The Kier molecular flexibility index (Phi) is 6.00. The van der Waals surface area contributed by atoms with E-state index in [9.17, 15) is 14.4 Å². The molecule has 0 spiro atoms. The Morgan fingerprint density at radius 3 is 2.33 bits per heavy atom. The number of carbonyl (C=O) groups excluding carboxylic acids is 2. The van der Waals surface area contributed by atoms with Crippen LogP contribution in [0.5, 0.6) is 0 Å². The third-order valence-electron chi connectivity index (χ3n) is 3.99. The minimum atomic E-state index is -1.03. The lowest BCUT2D eigenvalue weighted by atomic mass is 9.95.